The highest BCUT2D eigenvalue weighted by Gasteiger charge is 2.22. The number of hydrogen-bond donors (Lipinski definition) is 2. The maximum absolute atomic E-state index is 5.95. The minimum atomic E-state index is 0. The highest BCUT2D eigenvalue weighted by Crippen LogP contribution is 2.27. The van der Waals surface area contributed by atoms with Crippen molar-refractivity contribution in [3.8, 4) is 11.5 Å². The second-order valence-corrected chi connectivity index (χ2v) is 5.94. The van der Waals surface area contributed by atoms with E-state index in [4.69, 9.17) is 9.47 Å². The van der Waals surface area contributed by atoms with E-state index in [1.54, 1.807) is 7.05 Å². The lowest BCUT2D eigenvalue weighted by Crippen LogP contribution is -2.41. The van der Waals surface area contributed by atoms with Crippen molar-refractivity contribution in [2.24, 2.45) is 4.99 Å². The molecule has 1 heterocycles. The van der Waals surface area contributed by atoms with Gasteiger partial charge in [0, 0.05) is 20.0 Å². The number of rotatable bonds is 6. The molecule has 2 aromatic carbocycles. The Morgan fingerprint density at radius 3 is 2.81 bits per heavy atom. The van der Waals surface area contributed by atoms with E-state index in [2.05, 4.69) is 33.8 Å². The van der Waals surface area contributed by atoms with Crippen molar-refractivity contribution < 1.29 is 9.47 Å². The molecule has 140 valence electrons. The molecule has 0 saturated carbocycles. The van der Waals surface area contributed by atoms with Crippen LogP contribution in [0.1, 0.15) is 18.1 Å². The average Bonchev–Trinajstić information content (AvgIpc) is 3.05. The zero-order valence-corrected chi connectivity index (χ0v) is 17.5. The van der Waals surface area contributed by atoms with Gasteiger partial charge in [0.2, 0.25) is 0 Å². The normalized spacial score (nSPS) is 15.5. The first-order valence-corrected chi connectivity index (χ1v) is 8.69. The molecule has 26 heavy (non-hydrogen) atoms. The molecule has 3 rings (SSSR count). The fourth-order valence-corrected chi connectivity index (χ4v) is 2.90. The highest BCUT2D eigenvalue weighted by atomic mass is 127. The molecule has 1 aliphatic rings. The van der Waals surface area contributed by atoms with Crippen molar-refractivity contribution in [2.45, 2.75) is 26.0 Å². The number of nitrogens with one attached hydrogen (secondary N) is 2. The summed E-state index contributed by atoms with van der Waals surface area (Å²) in [4.78, 5) is 4.28. The van der Waals surface area contributed by atoms with Crippen molar-refractivity contribution in [3.05, 3.63) is 59.7 Å². The van der Waals surface area contributed by atoms with Crippen molar-refractivity contribution in [2.75, 3.05) is 20.2 Å². The summed E-state index contributed by atoms with van der Waals surface area (Å²) < 4.78 is 11.5. The van der Waals surface area contributed by atoms with E-state index < -0.39 is 0 Å². The van der Waals surface area contributed by atoms with Crippen LogP contribution in [0.15, 0.2) is 53.5 Å². The second-order valence-electron chi connectivity index (χ2n) is 5.94. The Labute approximate surface area is 172 Å². The molecule has 0 fully saturated rings. The van der Waals surface area contributed by atoms with E-state index >= 15 is 0 Å². The maximum Gasteiger partial charge on any atom is 0.191 e. The third-order valence-electron chi connectivity index (χ3n) is 4.10. The monoisotopic (exact) mass is 467 g/mol. The third kappa shape index (κ3) is 5.52. The van der Waals surface area contributed by atoms with Gasteiger partial charge in [0.1, 0.15) is 17.6 Å². The van der Waals surface area contributed by atoms with Crippen LogP contribution in [0.25, 0.3) is 0 Å². The Balaban J connectivity index is 0.00000243. The number of fused-ring (bicyclic) bond motifs is 1. The minimum Gasteiger partial charge on any atom is -0.494 e. The molecule has 0 aliphatic carbocycles. The topological polar surface area (TPSA) is 54.9 Å². The Bertz CT molecular complexity index is 712. The minimum absolute atomic E-state index is 0. The maximum atomic E-state index is 5.95. The van der Waals surface area contributed by atoms with Crippen LogP contribution >= 0.6 is 24.0 Å². The van der Waals surface area contributed by atoms with Gasteiger partial charge in [-0.15, -0.1) is 24.0 Å². The molecule has 0 spiro atoms. The van der Waals surface area contributed by atoms with Crippen molar-refractivity contribution in [1.29, 1.82) is 0 Å². The standard InChI is InChI=1S/C20H25N3O2.HI/c1-3-24-17-9-6-7-15(11-17)13-22-20(21-2)23-14-18-12-16-8-4-5-10-19(16)25-18;/h4-11,18H,3,12-14H2,1-2H3,(H2,21,22,23);1H. The van der Waals surface area contributed by atoms with Crippen LogP contribution < -0.4 is 20.1 Å². The molecule has 1 atom stereocenters. The number of guanidine groups is 1. The summed E-state index contributed by atoms with van der Waals surface area (Å²) >= 11 is 0. The number of nitrogens with zero attached hydrogens (tertiary/aromatic N) is 1. The van der Waals surface area contributed by atoms with Crippen molar-refractivity contribution >= 4 is 29.9 Å². The summed E-state index contributed by atoms with van der Waals surface area (Å²) in [6.45, 7) is 4.06. The van der Waals surface area contributed by atoms with Gasteiger partial charge in [0.15, 0.2) is 5.96 Å². The molecule has 2 N–H and O–H groups in total. The molecule has 1 unspecified atom stereocenters. The first-order chi connectivity index (χ1) is 12.3. The van der Waals surface area contributed by atoms with Gasteiger partial charge in [0.05, 0.1) is 13.2 Å². The zero-order valence-electron chi connectivity index (χ0n) is 15.2. The first kappa shape index (κ1) is 20.4. The van der Waals surface area contributed by atoms with Crippen LogP contribution in [0, 0.1) is 0 Å². The largest absolute Gasteiger partial charge is 0.494 e. The van der Waals surface area contributed by atoms with E-state index in [0.29, 0.717) is 19.7 Å². The summed E-state index contributed by atoms with van der Waals surface area (Å²) in [6.07, 6.45) is 1.06. The third-order valence-corrected chi connectivity index (χ3v) is 4.10. The van der Waals surface area contributed by atoms with Crippen LogP contribution in [0.3, 0.4) is 0 Å². The lowest BCUT2D eigenvalue weighted by atomic mass is 10.1. The summed E-state index contributed by atoms with van der Waals surface area (Å²) in [5.74, 6) is 2.65. The Hall–Kier alpha value is -1.96. The zero-order chi connectivity index (χ0) is 17.5. The van der Waals surface area contributed by atoms with Gasteiger partial charge < -0.3 is 20.1 Å². The molecule has 0 bridgehead atoms. The van der Waals surface area contributed by atoms with Gasteiger partial charge in [-0.1, -0.05) is 30.3 Å². The summed E-state index contributed by atoms with van der Waals surface area (Å²) in [5.41, 5.74) is 2.42. The van der Waals surface area contributed by atoms with Crippen molar-refractivity contribution in [1.82, 2.24) is 10.6 Å². The summed E-state index contributed by atoms with van der Waals surface area (Å²) in [6, 6.07) is 16.3. The van der Waals surface area contributed by atoms with E-state index in [-0.39, 0.29) is 30.1 Å². The number of benzene rings is 2. The van der Waals surface area contributed by atoms with Crippen LogP contribution in [0.2, 0.25) is 0 Å². The molecule has 5 nitrogen and oxygen atoms in total. The average molecular weight is 467 g/mol. The lowest BCUT2D eigenvalue weighted by Gasteiger charge is -2.16. The number of para-hydroxylation sites is 1. The Morgan fingerprint density at radius 2 is 2.04 bits per heavy atom. The van der Waals surface area contributed by atoms with Crippen LogP contribution in [-0.2, 0) is 13.0 Å². The van der Waals surface area contributed by atoms with E-state index in [1.165, 1.54) is 5.56 Å². The highest BCUT2D eigenvalue weighted by molar-refractivity contribution is 14.0. The number of ether oxygens (including phenoxy) is 2. The summed E-state index contributed by atoms with van der Waals surface area (Å²) in [7, 11) is 1.77. The quantitative estimate of drug-likeness (QED) is 0.389. The number of hydrogen-bond acceptors (Lipinski definition) is 3. The molecular weight excluding hydrogens is 441 g/mol. The van der Waals surface area contributed by atoms with Crippen LogP contribution in [0.5, 0.6) is 11.5 Å². The number of aliphatic imine (C=N–C) groups is 1. The van der Waals surface area contributed by atoms with Crippen LogP contribution in [0.4, 0.5) is 0 Å². The van der Waals surface area contributed by atoms with E-state index in [1.807, 2.05) is 37.3 Å². The van der Waals surface area contributed by atoms with E-state index in [0.717, 1.165) is 29.4 Å². The Kier molecular flexibility index (Phi) is 8.03. The smallest absolute Gasteiger partial charge is 0.191 e. The van der Waals surface area contributed by atoms with E-state index in [9.17, 15) is 0 Å². The number of halogens is 1. The molecule has 0 radical (unpaired) electrons. The predicted molar refractivity (Wildman–Crippen MR) is 116 cm³/mol. The molecule has 6 heteroatoms. The summed E-state index contributed by atoms with van der Waals surface area (Å²) in [5, 5.41) is 6.67. The van der Waals surface area contributed by atoms with Gasteiger partial charge >= 0.3 is 0 Å². The Morgan fingerprint density at radius 1 is 1.19 bits per heavy atom. The molecule has 0 aromatic heterocycles. The van der Waals surface area contributed by atoms with Gasteiger partial charge in [-0.05, 0) is 36.2 Å². The molecule has 0 amide bonds. The van der Waals surface area contributed by atoms with Gasteiger partial charge in [-0.3, -0.25) is 4.99 Å². The van der Waals surface area contributed by atoms with Gasteiger partial charge in [-0.25, -0.2) is 0 Å². The van der Waals surface area contributed by atoms with Crippen LogP contribution in [-0.4, -0.2) is 32.3 Å². The van der Waals surface area contributed by atoms with Crippen molar-refractivity contribution in [3.63, 3.8) is 0 Å². The van der Waals surface area contributed by atoms with Gasteiger partial charge in [0.25, 0.3) is 0 Å². The lowest BCUT2D eigenvalue weighted by molar-refractivity contribution is 0.235. The second kappa shape index (κ2) is 10.3. The molecule has 0 saturated heterocycles. The SMILES string of the molecule is CCOc1cccc(CNC(=NC)NCC2Cc3ccccc3O2)c1.I. The molecular formula is C20H26IN3O2. The fourth-order valence-electron chi connectivity index (χ4n) is 2.90. The predicted octanol–water partition coefficient (Wildman–Crippen LogP) is 3.37. The fraction of sp³-hybridized carbons (Fsp3) is 0.350. The molecule has 2 aromatic rings. The molecule has 1 aliphatic heterocycles. The van der Waals surface area contributed by atoms with Gasteiger partial charge in [-0.2, -0.15) is 0 Å². The first-order valence-electron chi connectivity index (χ1n) is 8.69.